The first-order valence-corrected chi connectivity index (χ1v) is 9.79. The Bertz CT molecular complexity index is 900. The summed E-state index contributed by atoms with van der Waals surface area (Å²) in [6.45, 7) is 0.330. The zero-order valence-electron chi connectivity index (χ0n) is 14.4. The van der Waals surface area contributed by atoms with Crippen molar-refractivity contribution in [2.75, 3.05) is 6.54 Å². The average molecular weight is 402 g/mol. The van der Waals surface area contributed by atoms with E-state index in [-0.39, 0.29) is 40.0 Å². The summed E-state index contributed by atoms with van der Waals surface area (Å²) in [5.74, 6) is -0.887. The Kier molecular flexibility index (Phi) is 7.30. The number of carboxylic acids is 1. The van der Waals surface area contributed by atoms with Crippen molar-refractivity contribution in [3.8, 4) is 0 Å². The van der Waals surface area contributed by atoms with E-state index in [0.717, 1.165) is 24.0 Å². The number of aromatic carboxylic acids is 1. The van der Waals surface area contributed by atoms with Gasteiger partial charge in [0.1, 0.15) is 0 Å². The van der Waals surface area contributed by atoms with Crippen molar-refractivity contribution in [1.82, 2.24) is 4.72 Å². The van der Waals surface area contributed by atoms with E-state index in [1.807, 2.05) is 6.07 Å². The van der Waals surface area contributed by atoms with E-state index in [4.69, 9.17) is 11.6 Å². The fourth-order valence-corrected chi connectivity index (χ4v) is 4.31. The molecule has 0 heterocycles. The van der Waals surface area contributed by atoms with E-state index in [9.17, 15) is 18.3 Å². The van der Waals surface area contributed by atoms with Crippen molar-refractivity contribution in [3.05, 3.63) is 64.2 Å². The van der Waals surface area contributed by atoms with Gasteiger partial charge in [-0.15, -0.1) is 0 Å². The van der Waals surface area contributed by atoms with Gasteiger partial charge in [0.15, 0.2) is 0 Å². The van der Waals surface area contributed by atoms with E-state index in [1.54, 1.807) is 24.3 Å². The molecule has 0 saturated heterocycles. The van der Waals surface area contributed by atoms with Crippen LogP contribution in [0.4, 0.5) is 0 Å². The van der Waals surface area contributed by atoms with Crippen LogP contribution in [-0.4, -0.2) is 20.9 Å². The Labute approximate surface area is 180 Å². The van der Waals surface area contributed by atoms with E-state index >= 15 is 0 Å². The zero-order valence-corrected chi connectivity index (χ0v) is 17.9. The van der Waals surface area contributed by atoms with Gasteiger partial charge in [0, 0.05) is 11.6 Å². The van der Waals surface area contributed by atoms with Crippen molar-refractivity contribution < 1.29 is 47.9 Å². The topological polar surface area (TPSA) is 86.3 Å². The molecule has 1 aliphatic rings. The molecular formula is C18H17ClNNaO4S. The number of nitrogens with one attached hydrogen (secondary N) is 1. The van der Waals surface area contributed by atoms with Crippen molar-refractivity contribution in [3.63, 3.8) is 0 Å². The molecule has 2 aromatic carbocycles. The minimum absolute atomic E-state index is 0. The van der Waals surface area contributed by atoms with E-state index < -0.39 is 16.0 Å². The van der Waals surface area contributed by atoms with Crippen LogP contribution >= 0.6 is 11.6 Å². The van der Waals surface area contributed by atoms with E-state index in [0.29, 0.717) is 23.9 Å². The summed E-state index contributed by atoms with van der Waals surface area (Å²) in [6.07, 6.45) is 2.26. The van der Waals surface area contributed by atoms with Crippen LogP contribution in [0, 0.1) is 5.92 Å². The summed E-state index contributed by atoms with van der Waals surface area (Å²) in [5, 5.41) is 11.4. The minimum atomic E-state index is -3.55. The molecule has 8 heteroatoms. The van der Waals surface area contributed by atoms with Crippen LogP contribution in [0.5, 0.6) is 0 Å². The number of hydrogen-bond acceptors (Lipinski definition) is 4. The van der Waals surface area contributed by atoms with E-state index in [1.165, 1.54) is 12.1 Å². The maximum absolute atomic E-state index is 12.2. The van der Waals surface area contributed by atoms with Crippen molar-refractivity contribution >= 4 is 27.6 Å². The number of carboxylic acid groups (broad SMARTS) is 1. The Morgan fingerprint density at radius 1 is 1.12 bits per heavy atom. The molecule has 1 N–H and O–H groups in total. The summed E-state index contributed by atoms with van der Waals surface area (Å²) in [5.41, 5.74) is 2.31. The molecule has 1 atom stereocenters. The van der Waals surface area contributed by atoms with Crippen LogP contribution in [0.15, 0.2) is 47.4 Å². The summed E-state index contributed by atoms with van der Waals surface area (Å²) in [4.78, 5) is 11.1. The molecule has 26 heavy (non-hydrogen) atoms. The quantitative estimate of drug-likeness (QED) is 0.615. The number of benzene rings is 2. The second kappa shape index (κ2) is 8.87. The molecule has 0 aromatic heterocycles. The van der Waals surface area contributed by atoms with Crippen molar-refractivity contribution in [2.45, 2.75) is 24.2 Å². The second-order valence-electron chi connectivity index (χ2n) is 6.19. The summed E-state index contributed by atoms with van der Waals surface area (Å²) in [7, 11) is -3.55. The van der Waals surface area contributed by atoms with Gasteiger partial charge in [-0.3, -0.25) is 0 Å². The maximum Gasteiger partial charge on any atom is 1.00 e. The molecule has 1 aliphatic carbocycles. The molecule has 0 amide bonds. The molecular weight excluding hydrogens is 385 g/mol. The molecule has 0 bridgehead atoms. The SMILES string of the molecule is O=C([O-])c1ccc2c(c1)CC(CCNS(=O)(=O)c1ccc(Cl)cc1)C2.[Na+]. The van der Waals surface area contributed by atoms with Gasteiger partial charge >= 0.3 is 29.6 Å². The molecule has 132 valence electrons. The first-order valence-electron chi connectivity index (χ1n) is 7.93. The third-order valence-corrected chi connectivity index (χ3v) is 6.16. The van der Waals surface area contributed by atoms with E-state index in [2.05, 4.69) is 4.72 Å². The Hall–Kier alpha value is -0.890. The van der Waals surface area contributed by atoms with Gasteiger partial charge in [-0.05, 0) is 72.2 Å². The Morgan fingerprint density at radius 2 is 1.77 bits per heavy atom. The number of fused-ring (bicyclic) bond motifs is 1. The molecule has 0 fully saturated rings. The van der Waals surface area contributed by atoms with Gasteiger partial charge in [-0.2, -0.15) is 0 Å². The monoisotopic (exact) mass is 401 g/mol. The van der Waals surface area contributed by atoms with Gasteiger partial charge in [0.05, 0.1) is 10.9 Å². The number of sulfonamides is 1. The second-order valence-corrected chi connectivity index (χ2v) is 8.39. The summed E-state index contributed by atoms with van der Waals surface area (Å²) >= 11 is 5.77. The van der Waals surface area contributed by atoms with Crippen molar-refractivity contribution in [1.29, 1.82) is 0 Å². The van der Waals surface area contributed by atoms with Crippen molar-refractivity contribution in [2.24, 2.45) is 5.92 Å². The largest absolute Gasteiger partial charge is 1.00 e. The van der Waals surface area contributed by atoms with Crippen LogP contribution in [0.1, 0.15) is 27.9 Å². The van der Waals surface area contributed by atoms with Gasteiger partial charge in [-0.1, -0.05) is 23.7 Å². The standard InChI is InChI=1S/C18H18ClNO4S.Na/c19-16-3-5-17(6-4-16)25(23,24)20-8-7-12-9-13-1-2-14(18(21)22)11-15(13)10-12;/h1-6,11-12,20H,7-10H2,(H,21,22);/q;+1/p-1. The fraction of sp³-hybridized carbons (Fsp3) is 0.278. The fourth-order valence-electron chi connectivity index (χ4n) is 3.13. The summed E-state index contributed by atoms with van der Waals surface area (Å²) < 4.78 is 27.1. The number of carbonyl (C=O) groups is 1. The predicted octanol–water partition coefficient (Wildman–Crippen LogP) is -1.21. The third kappa shape index (κ3) is 5.09. The molecule has 2 aromatic rings. The summed E-state index contributed by atoms with van der Waals surface area (Å²) in [6, 6.07) is 11.0. The van der Waals surface area contributed by atoms with Gasteiger partial charge in [0.2, 0.25) is 10.0 Å². The molecule has 1 unspecified atom stereocenters. The minimum Gasteiger partial charge on any atom is -0.545 e. The number of carbonyl (C=O) groups excluding carboxylic acids is 1. The molecule has 5 nitrogen and oxygen atoms in total. The number of halogens is 1. The number of hydrogen-bond donors (Lipinski definition) is 1. The maximum atomic E-state index is 12.2. The number of rotatable bonds is 6. The van der Waals surface area contributed by atoms with Crippen LogP contribution in [-0.2, 0) is 22.9 Å². The Morgan fingerprint density at radius 3 is 2.42 bits per heavy atom. The van der Waals surface area contributed by atoms with Gasteiger partial charge < -0.3 is 9.90 Å². The predicted molar refractivity (Wildman–Crippen MR) is 92.9 cm³/mol. The van der Waals surface area contributed by atoms with Gasteiger partial charge in [0.25, 0.3) is 0 Å². The van der Waals surface area contributed by atoms with Crippen LogP contribution in [0.2, 0.25) is 5.02 Å². The van der Waals surface area contributed by atoms with Crippen LogP contribution < -0.4 is 39.4 Å². The molecule has 0 aliphatic heterocycles. The smallest absolute Gasteiger partial charge is 0.545 e. The molecule has 0 saturated carbocycles. The average Bonchev–Trinajstić information content (AvgIpc) is 2.96. The molecule has 0 radical (unpaired) electrons. The Balaban J connectivity index is 0.00000243. The normalized spacial score (nSPS) is 16.0. The molecule has 3 rings (SSSR count). The van der Waals surface area contributed by atoms with Crippen LogP contribution in [0.3, 0.4) is 0 Å². The zero-order chi connectivity index (χ0) is 18.0. The molecule has 0 spiro atoms. The first kappa shape index (κ1) is 21.4. The first-order chi connectivity index (χ1) is 11.8. The third-order valence-electron chi connectivity index (χ3n) is 4.43. The van der Waals surface area contributed by atoms with Gasteiger partial charge in [-0.25, -0.2) is 13.1 Å². The van der Waals surface area contributed by atoms with Crippen LogP contribution in [0.25, 0.3) is 0 Å².